The van der Waals surface area contributed by atoms with E-state index in [-0.39, 0.29) is 0 Å². The van der Waals surface area contributed by atoms with E-state index in [2.05, 4.69) is 22.6 Å². The van der Waals surface area contributed by atoms with Crippen molar-refractivity contribution in [2.75, 3.05) is 7.05 Å². The van der Waals surface area contributed by atoms with Gasteiger partial charge in [0.05, 0.1) is 0 Å². The van der Waals surface area contributed by atoms with Crippen LogP contribution >= 0.6 is 22.6 Å². The first kappa shape index (κ1) is 13.4. The first-order valence-electron chi connectivity index (χ1n) is 5.03. The van der Waals surface area contributed by atoms with Crippen molar-refractivity contribution in [3.8, 4) is 0 Å². The molecule has 0 aromatic heterocycles. The lowest BCUT2D eigenvalue weighted by atomic mass is 10.0. The Bertz CT molecular complexity index is 373. The number of rotatable bonds is 4. The molecule has 0 spiro atoms. The van der Waals surface area contributed by atoms with Crippen molar-refractivity contribution in [3.63, 3.8) is 0 Å². The van der Waals surface area contributed by atoms with Crippen molar-refractivity contribution in [2.24, 2.45) is 0 Å². The molecule has 1 rings (SSSR count). The number of hydrogen-bond acceptors (Lipinski definition) is 2. The number of carbonyl (C=O) groups is 1. The van der Waals surface area contributed by atoms with E-state index in [0.717, 1.165) is 5.56 Å². The third kappa shape index (κ3) is 3.18. The molecule has 0 aliphatic heterocycles. The average Bonchev–Trinajstić information content (AvgIpc) is 2.21. The normalized spacial score (nSPS) is 11.8. The molecule has 16 heavy (non-hydrogen) atoms. The lowest BCUT2D eigenvalue weighted by Gasteiger charge is -2.31. The van der Waals surface area contributed by atoms with Gasteiger partial charge in [0.1, 0.15) is 5.54 Å². The molecule has 0 amide bonds. The van der Waals surface area contributed by atoms with Gasteiger partial charge in [0, 0.05) is 10.1 Å². The molecule has 0 bridgehead atoms. The van der Waals surface area contributed by atoms with Crippen LogP contribution in [0.15, 0.2) is 24.3 Å². The Kier molecular flexibility index (Phi) is 4.32. The molecule has 3 nitrogen and oxygen atoms in total. The molecule has 0 atom stereocenters. The number of carboxylic acid groups (broad SMARTS) is 1. The van der Waals surface area contributed by atoms with Crippen LogP contribution in [0.4, 0.5) is 0 Å². The molecule has 1 aromatic rings. The van der Waals surface area contributed by atoms with Gasteiger partial charge in [0.25, 0.3) is 0 Å². The molecule has 0 fully saturated rings. The summed E-state index contributed by atoms with van der Waals surface area (Å²) in [7, 11) is 1.83. The third-order valence-electron chi connectivity index (χ3n) is 2.81. The summed E-state index contributed by atoms with van der Waals surface area (Å²) in [6.07, 6.45) is 0. The Morgan fingerprint density at radius 2 is 1.88 bits per heavy atom. The van der Waals surface area contributed by atoms with Crippen LogP contribution in [0.25, 0.3) is 0 Å². The predicted molar refractivity (Wildman–Crippen MR) is 72.3 cm³/mol. The Morgan fingerprint density at radius 3 is 2.31 bits per heavy atom. The van der Waals surface area contributed by atoms with E-state index in [0.29, 0.717) is 6.54 Å². The average molecular weight is 333 g/mol. The highest BCUT2D eigenvalue weighted by Gasteiger charge is 2.31. The lowest BCUT2D eigenvalue weighted by molar-refractivity contribution is -0.148. The molecule has 0 aliphatic carbocycles. The van der Waals surface area contributed by atoms with E-state index in [4.69, 9.17) is 5.11 Å². The van der Waals surface area contributed by atoms with Crippen molar-refractivity contribution in [3.05, 3.63) is 33.4 Å². The van der Waals surface area contributed by atoms with Gasteiger partial charge in [0.2, 0.25) is 0 Å². The first-order chi connectivity index (χ1) is 7.34. The van der Waals surface area contributed by atoms with Crippen molar-refractivity contribution >= 4 is 28.6 Å². The highest BCUT2D eigenvalue weighted by molar-refractivity contribution is 14.1. The second-order valence-corrected chi connectivity index (χ2v) is 5.59. The Balaban J connectivity index is 2.75. The van der Waals surface area contributed by atoms with Crippen LogP contribution in [0.3, 0.4) is 0 Å². The topological polar surface area (TPSA) is 40.5 Å². The van der Waals surface area contributed by atoms with Gasteiger partial charge in [0.15, 0.2) is 0 Å². The number of aliphatic carboxylic acids is 1. The maximum atomic E-state index is 11.1. The summed E-state index contributed by atoms with van der Waals surface area (Å²) < 4.78 is 1.18. The van der Waals surface area contributed by atoms with E-state index < -0.39 is 11.5 Å². The van der Waals surface area contributed by atoms with E-state index in [1.54, 1.807) is 13.8 Å². The monoisotopic (exact) mass is 333 g/mol. The van der Waals surface area contributed by atoms with Gasteiger partial charge in [-0.15, -0.1) is 0 Å². The summed E-state index contributed by atoms with van der Waals surface area (Å²) in [5, 5.41) is 9.09. The maximum Gasteiger partial charge on any atom is 0.323 e. The standard InChI is InChI=1S/C12H16INO2/c1-12(2,11(15)16)14(3)8-9-4-6-10(13)7-5-9/h4-7H,8H2,1-3H3,(H,15,16). The van der Waals surface area contributed by atoms with Gasteiger partial charge in [-0.3, -0.25) is 9.69 Å². The Morgan fingerprint density at radius 1 is 1.38 bits per heavy atom. The summed E-state index contributed by atoms with van der Waals surface area (Å²) in [4.78, 5) is 12.9. The van der Waals surface area contributed by atoms with Gasteiger partial charge in [-0.05, 0) is 61.2 Å². The van der Waals surface area contributed by atoms with Gasteiger partial charge in [-0.1, -0.05) is 12.1 Å². The van der Waals surface area contributed by atoms with Crippen LogP contribution in [-0.2, 0) is 11.3 Å². The minimum Gasteiger partial charge on any atom is -0.480 e. The fourth-order valence-electron chi connectivity index (χ4n) is 1.22. The summed E-state index contributed by atoms with van der Waals surface area (Å²) in [5.74, 6) is -0.805. The third-order valence-corrected chi connectivity index (χ3v) is 3.53. The molecular weight excluding hydrogens is 317 g/mol. The van der Waals surface area contributed by atoms with Crippen molar-refractivity contribution in [1.82, 2.24) is 4.90 Å². The SMILES string of the molecule is CN(Cc1ccc(I)cc1)C(C)(C)C(=O)O. The molecule has 4 heteroatoms. The zero-order valence-electron chi connectivity index (χ0n) is 9.70. The van der Waals surface area contributed by atoms with Crippen LogP contribution in [0, 0.1) is 3.57 Å². The van der Waals surface area contributed by atoms with Crippen LogP contribution in [0.5, 0.6) is 0 Å². The largest absolute Gasteiger partial charge is 0.480 e. The minimum atomic E-state index is -0.844. The molecule has 0 saturated heterocycles. The van der Waals surface area contributed by atoms with Gasteiger partial charge in [-0.2, -0.15) is 0 Å². The van der Waals surface area contributed by atoms with Gasteiger partial charge >= 0.3 is 5.97 Å². The highest BCUT2D eigenvalue weighted by atomic mass is 127. The Hall–Kier alpha value is -0.620. The number of benzene rings is 1. The van der Waals surface area contributed by atoms with E-state index in [1.165, 1.54) is 3.57 Å². The summed E-state index contributed by atoms with van der Waals surface area (Å²) in [6, 6.07) is 8.10. The molecule has 0 aliphatic rings. The van der Waals surface area contributed by atoms with Crippen molar-refractivity contribution in [2.45, 2.75) is 25.9 Å². The van der Waals surface area contributed by atoms with Crippen LogP contribution < -0.4 is 0 Å². The van der Waals surface area contributed by atoms with E-state index in [9.17, 15) is 4.79 Å². The fourth-order valence-corrected chi connectivity index (χ4v) is 1.58. The van der Waals surface area contributed by atoms with Gasteiger partial charge < -0.3 is 5.11 Å². The molecule has 1 N–H and O–H groups in total. The first-order valence-corrected chi connectivity index (χ1v) is 6.11. The summed E-state index contributed by atoms with van der Waals surface area (Å²) in [6.45, 7) is 4.06. The molecule has 0 saturated carbocycles. The fraction of sp³-hybridized carbons (Fsp3) is 0.417. The maximum absolute atomic E-state index is 11.1. The smallest absolute Gasteiger partial charge is 0.323 e. The number of hydrogen-bond donors (Lipinski definition) is 1. The zero-order chi connectivity index (χ0) is 12.3. The second-order valence-electron chi connectivity index (χ2n) is 4.35. The molecule has 0 radical (unpaired) electrons. The summed E-state index contributed by atoms with van der Waals surface area (Å²) in [5.41, 5.74) is 0.278. The Labute approximate surface area is 110 Å². The molecule has 88 valence electrons. The summed E-state index contributed by atoms with van der Waals surface area (Å²) >= 11 is 2.25. The second kappa shape index (κ2) is 5.14. The zero-order valence-corrected chi connectivity index (χ0v) is 11.9. The van der Waals surface area contributed by atoms with Crippen LogP contribution in [0.2, 0.25) is 0 Å². The number of carboxylic acids is 1. The number of nitrogens with zero attached hydrogens (tertiary/aromatic N) is 1. The minimum absolute atomic E-state index is 0.635. The van der Waals surface area contributed by atoms with Crippen molar-refractivity contribution < 1.29 is 9.90 Å². The number of likely N-dealkylation sites (N-methyl/N-ethyl adjacent to an activating group) is 1. The number of halogens is 1. The predicted octanol–water partition coefficient (Wildman–Crippen LogP) is 2.59. The molecular formula is C12H16INO2. The quantitative estimate of drug-likeness (QED) is 0.861. The van der Waals surface area contributed by atoms with E-state index >= 15 is 0 Å². The lowest BCUT2D eigenvalue weighted by Crippen LogP contribution is -2.47. The van der Waals surface area contributed by atoms with Gasteiger partial charge in [-0.25, -0.2) is 0 Å². The van der Waals surface area contributed by atoms with Crippen LogP contribution in [0.1, 0.15) is 19.4 Å². The van der Waals surface area contributed by atoms with Crippen molar-refractivity contribution in [1.29, 1.82) is 0 Å². The highest BCUT2D eigenvalue weighted by Crippen LogP contribution is 2.16. The van der Waals surface area contributed by atoms with E-state index in [1.807, 2.05) is 36.2 Å². The molecule has 0 heterocycles. The molecule has 0 unspecified atom stereocenters. The molecule has 1 aromatic carbocycles. The van der Waals surface area contributed by atoms with Crippen LogP contribution in [-0.4, -0.2) is 28.6 Å².